The van der Waals surface area contributed by atoms with Crippen molar-refractivity contribution in [3.63, 3.8) is 0 Å². The van der Waals surface area contributed by atoms with Gasteiger partial charge in [-0.25, -0.2) is 0 Å². The lowest BCUT2D eigenvalue weighted by Crippen LogP contribution is -2.14. The summed E-state index contributed by atoms with van der Waals surface area (Å²) in [5.74, 6) is 0. The van der Waals surface area contributed by atoms with Crippen LogP contribution in [0.25, 0.3) is 5.57 Å². The van der Waals surface area contributed by atoms with E-state index < -0.39 is 5.41 Å². The van der Waals surface area contributed by atoms with Crippen molar-refractivity contribution in [3.8, 4) is 12.1 Å². The van der Waals surface area contributed by atoms with E-state index in [1.165, 1.54) is 16.7 Å². The van der Waals surface area contributed by atoms with Crippen molar-refractivity contribution in [1.29, 1.82) is 10.5 Å². The molecule has 0 aliphatic heterocycles. The number of benzene rings is 1. The molecule has 0 heterocycles. The lowest BCUT2D eigenvalue weighted by molar-refractivity contribution is 0.634. The van der Waals surface area contributed by atoms with Gasteiger partial charge in [-0.1, -0.05) is 24.3 Å². The molecule has 3 rings (SSSR count). The highest BCUT2D eigenvalue weighted by atomic mass is 14.5. The van der Waals surface area contributed by atoms with Crippen molar-refractivity contribution in [2.45, 2.75) is 32.1 Å². The van der Waals surface area contributed by atoms with Gasteiger partial charge in [-0.2, -0.15) is 10.5 Å². The number of allylic oxidation sites excluding steroid dienone is 2. The maximum Gasteiger partial charge on any atom is 0.165 e. The number of hydrogen-bond acceptors (Lipinski definition) is 2. The molecule has 0 saturated heterocycles. The van der Waals surface area contributed by atoms with E-state index in [4.69, 9.17) is 0 Å². The Bertz CT molecular complexity index is 597. The highest BCUT2D eigenvalue weighted by molar-refractivity contribution is 5.77. The summed E-state index contributed by atoms with van der Waals surface area (Å²) in [7, 11) is 0. The van der Waals surface area contributed by atoms with Gasteiger partial charge in [0, 0.05) is 0 Å². The molecule has 2 heteroatoms. The van der Waals surface area contributed by atoms with Gasteiger partial charge in [0.05, 0.1) is 12.1 Å². The van der Waals surface area contributed by atoms with Gasteiger partial charge < -0.3 is 0 Å². The van der Waals surface area contributed by atoms with E-state index in [1.54, 1.807) is 0 Å². The highest BCUT2D eigenvalue weighted by Crippen LogP contribution is 2.48. The summed E-state index contributed by atoms with van der Waals surface area (Å²) in [6.45, 7) is 0. The first-order chi connectivity index (χ1) is 8.80. The molecule has 2 nitrogen and oxygen atoms in total. The molecule has 0 aromatic heterocycles. The second kappa shape index (κ2) is 4.00. The second-order valence-corrected chi connectivity index (χ2v) is 5.10. The highest BCUT2D eigenvalue weighted by Gasteiger charge is 2.41. The molecule has 0 atom stereocenters. The Labute approximate surface area is 107 Å². The first-order valence-corrected chi connectivity index (χ1v) is 6.44. The monoisotopic (exact) mass is 234 g/mol. The van der Waals surface area contributed by atoms with Gasteiger partial charge in [-0.15, -0.1) is 0 Å². The predicted molar refractivity (Wildman–Crippen MR) is 69.2 cm³/mol. The molecular formula is C16H14N2. The smallest absolute Gasteiger partial charge is 0.165 e. The zero-order valence-electron chi connectivity index (χ0n) is 10.2. The summed E-state index contributed by atoms with van der Waals surface area (Å²) in [4.78, 5) is 0. The minimum atomic E-state index is -0.854. The lowest BCUT2D eigenvalue weighted by atomic mass is 9.81. The number of fused-ring (bicyclic) bond motifs is 1. The minimum absolute atomic E-state index is 0.695. The minimum Gasteiger partial charge on any atom is -0.196 e. The Kier molecular flexibility index (Phi) is 2.46. The standard InChI is InChI=1S/C16H14N2/c17-10-16(11-18)9-3-6-15(16)14-8-7-12-4-1-2-5-13(12)14/h1-2,4-5H,3,6-9H2/b15-14-. The molecule has 1 saturated carbocycles. The molecule has 1 aromatic rings. The quantitative estimate of drug-likeness (QED) is 0.688. The molecule has 0 radical (unpaired) electrons. The summed E-state index contributed by atoms with van der Waals surface area (Å²) in [6.07, 6.45) is 4.59. The Hall–Kier alpha value is -2.06. The third-order valence-electron chi connectivity index (χ3n) is 4.23. The predicted octanol–water partition coefficient (Wildman–Crippen LogP) is 3.60. The SMILES string of the molecule is N#CC1(C#N)CCC/C1=C1\CCc2ccccc21. The van der Waals surface area contributed by atoms with Crippen LogP contribution < -0.4 is 0 Å². The molecule has 18 heavy (non-hydrogen) atoms. The number of rotatable bonds is 0. The molecule has 0 amide bonds. The number of hydrogen-bond donors (Lipinski definition) is 0. The van der Waals surface area contributed by atoms with Gasteiger partial charge >= 0.3 is 0 Å². The van der Waals surface area contributed by atoms with Gasteiger partial charge in [-0.3, -0.25) is 0 Å². The summed E-state index contributed by atoms with van der Waals surface area (Å²) >= 11 is 0. The summed E-state index contributed by atoms with van der Waals surface area (Å²) in [6, 6.07) is 12.9. The van der Waals surface area contributed by atoms with Crippen LogP contribution in [0.15, 0.2) is 29.8 Å². The summed E-state index contributed by atoms with van der Waals surface area (Å²) in [5.41, 5.74) is 4.14. The first-order valence-electron chi connectivity index (χ1n) is 6.44. The summed E-state index contributed by atoms with van der Waals surface area (Å²) in [5, 5.41) is 18.8. The molecular weight excluding hydrogens is 220 g/mol. The fraction of sp³-hybridized carbons (Fsp3) is 0.375. The Morgan fingerprint density at radius 3 is 2.56 bits per heavy atom. The topological polar surface area (TPSA) is 47.6 Å². The average Bonchev–Trinajstić information content (AvgIpc) is 3.02. The van der Waals surface area contributed by atoms with E-state index in [0.717, 1.165) is 31.3 Å². The van der Waals surface area contributed by atoms with Gasteiger partial charge in [0.25, 0.3) is 0 Å². The first kappa shape index (κ1) is 11.1. The zero-order valence-corrected chi connectivity index (χ0v) is 10.2. The Balaban J connectivity index is 2.19. The van der Waals surface area contributed by atoms with Crippen LogP contribution in [-0.2, 0) is 6.42 Å². The molecule has 2 aliphatic rings. The van der Waals surface area contributed by atoms with Crippen LogP contribution in [0.1, 0.15) is 36.8 Å². The molecule has 0 N–H and O–H groups in total. The van der Waals surface area contributed by atoms with Crippen LogP contribution >= 0.6 is 0 Å². The fourth-order valence-electron chi connectivity index (χ4n) is 3.32. The second-order valence-electron chi connectivity index (χ2n) is 5.10. The molecule has 2 aliphatic carbocycles. The van der Waals surface area contributed by atoms with Crippen LogP contribution in [-0.4, -0.2) is 0 Å². The number of aryl methyl sites for hydroxylation is 1. The molecule has 88 valence electrons. The van der Waals surface area contributed by atoms with Crippen LogP contribution in [0, 0.1) is 28.1 Å². The Morgan fingerprint density at radius 1 is 1.00 bits per heavy atom. The third-order valence-corrected chi connectivity index (χ3v) is 4.23. The zero-order chi connectivity index (χ0) is 12.6. The van der Waals surface area contributed by atoms with Gasteiger partial charge in [-0.05, 0) is 54.4 Å². The number of nitriles is 2. The van der Waals surface area contributed by atoms with Crippen LogP contribution in [0.2, 0.25) is 0 Å². The maximum atomic E-state index is 9.39. The normalized spacial score (nSPS) is 24.3. The van der Waals surface area contributed by atoms with E-state index in [0.29, 0.717) is 6.42 Å². The molecule has 0 unspecified atom stereocenters. The number of nitrogens with zero attached hydrogens (tertiary/aromatic N) is 2. The van der Waals surface area contributed by atoms with E-state index in [1.807, 2.05) is 6.07 Å². The van der Waals surface area contributed by atoms with E-state index in [9.17, 15) is 10.5 Å². The van der Waals surface area contributed by atoms with E-state index in [-0.39, 0.29) is 0 Å². The van der Waals surface area contributed by atoms with Crippen molar-refractivity contribution < 1.29 is 0 Å². The maximum absolute atomic E-state index is 9.39. The van der Waals surface area contributed by atoms with Gasteiger partial charge in [0.2, 0.25) is 0 Å². The van der Waals surface area contributed by atoms with E-state index in [2.05, 4.69) is 30.3 Å². The van der Waals surface area contributed by atoms with Crippen LogP contribution in [0.5, 0.6) is 0 Å². The van der Waals surface area contributed by atoms with Crippen molar-refractivity contribution >= 4 is 5.57 Å². The lowest BCUT2D eigenvalue weighted by Gasteiger charge is -2.16. The molecule has 0 bridgehead atoms. The van der Waals surface area contributed by atoms with E-state index >= 15 is 0 Å². The van der Waals surface area contributed by atoms with Crippen molar-refractivity contribution in [1.82, 2.24) is 0 Å². The molecule has 1 aromatic carbocycles. The average molecular weight is 234 g/mol. The third kappa shape index (κ3) is 1.39. The molecule has 1 fully saturated rings. The molecule has 0 spiro atoms. The fourth-order valence-corrected chi connectivity index (χ4v) is 3.32. The van der Waals surface area contributed by atoms with Crippen molar-refractivity contribution in [2.24, 2.45) is 5.41 Å². The van der Waals surface area contributed by atoms with Crippen LogP contribution in [0.4, 0.5) is 0 Å². The van der Waals surface area contributed by atoms with Gasteiger partial charge in [0.15, 0.2) is 5.41 Å². The van der Waals surface area contributed by atoms with Crippen molar-refractivity contribution in [2.75, 3.05) is 0 Å². The van der Waals surface area contributed by atoms with Crippen molar-refractivity contribution in [3.05, 3.63) is 41.0 Å². The van der Waals surface area contributed by atoms with Gasteiger partial charge in [0.1, 0.15) is 0 Å². The Morgan fingerprint density at radius 2 is 1.78 bits per heavy atom. The summed E-state index contributed by atoms with van der Waals surface area (Å²) < 4.78 is 0. The van der Waals surface area contributed by atoms with Crippen LogP contribution in [0.3, 0.4) is 0 Å². The largest absolute Gasteiger partial charge is 0.196 e.